The van der Waals surface area contributed by atoms with Crippen LogP contribution in [0.2, 0.25) is 5.02 Å². The molecular weight excluding hydrogens is 535 g/mol. The van der Waals surface area contributed by atoms with E-state index in [2.05, 4.69) is 15.3 Å². The highest BCUT2D eigenvalue weighted by Crippen LogP contribution is 2.37. The summed E-state index contributed by atoms with van der Waals surface area (Å²) in [5.41, 5.74) is 1.65. The van der Waals surface area contributed by atoms with Gasteiger partial charge in [-0.25, -0.2) is 9.37 Å². The molecule has 0 radical (unpaired) electrons. The summed E-state index contributed by atoms with van der Waals surface area (Å²) in [6.07, 6.45) is 2.19. The lowest BCUT2D eigenvalue weighted by atomic mass is 10.1. The number of hydrogen-bond acceptors (Lipinski definition) is 8. The number of likely N-dealkylation sites (tertiary alicyclic amines) is 1. The van der Waals surface area contributed by atoms with Crippen molar-refractivity contribution in [2.45, 2.75) is 37.8 Å². The number of amides is 1. The minimum absolute atomic E-state index is 0.00688. The molecule has 0 saturated carbocycles. The average molecular weight is 559 g/mol. The number of carbonyl (C=O) groups excluding carboxylic acids is 1. The Morgan fingerprint density at radius 1 is 1.34 bits per heavy atom. The first-order valence-electron chi connectivity index (χ1n) is 11.9. The molecule has 1 amide bonds. The molecule has 1 aliphatic rings. The number of nitrogens with one attached hydrogen (secondary N) is 1. The Labute approximate surface area is 226 Å². The first kappa shape index (κ1) is 26.1. The number of aliphatic carboxylic acids is 1. The molecule has 2 atom stereocenters. The first-order valence-corrected chi connectivity index (χ1v) is 13.1. The zero-order valence-corrected chi connectivity index (χ0v) is 21.9. The van der Waals surface area contributed by atoms with Gasteiger partial charge in [-0.05, 0) is 36.2 Å². The maximum atomic E-state index is 15.1. The quantitative estimate of drug-likeness (QED) is 0.281. The highest BCUT2D eigenvalue weighted by molar-refractivity contribution is 7.11. The maximum absolute atomic E-state index is 15.1. The summed E-state index contributed by atoms with van der Waals surface area (Å²) in [6, 6.07) is 9.70. The van der Waals surface area contributed by atoms with E-state index in [1.807, 2.05) is 12.1 Å². The Bertz CT molecular complexity index is 1460. The Morgan fingerprint density at radius 2 is 2.16 bits per heavy atom. The SMILES string of the molecule is CO[C@H]1C[C@@H](c2ncc(CCC(=O)O)s2)N(C(=O)Cc2cc(Cl)c(Nc3nc4ccccc4o3)cc2F)C1. The van der Waals surface area contributed by atoms with E-state index >= 15 is 4.39 Å². The van der Waals surface area contributed by atoms with Gasteiger partial charge < -0.3 is 24.5 Å². The van der Waals surface area contributed by atoms with E-state index in [1.54, 1.807) is 30.3 Å². The van der Waals surface area contributed by atoms with E-state index in [0.29, 0.717) is 35.5 Å². The Balaban J connectivity index is 1.31. The van der Waals surface area contributed by atoms with Gasteiger partial charge in [0.1, 0.15) is 16.3 Å². The summed E-state index contributed by atoms with van der Waals surface area (Å²) in [7, 11) is 1.58. The molecule has 12 heteroatoms. The van der Waals surface area contributed by atoms with E-state index in [4.69, 9.17) is 25.9 Å². The number of nitrogens with zero attached hydrogens (tertiary/aromatic N) is 3. The van der Waals surface area contributed by atoms with Gasteiger partial charge in [-0.1, -0.05) is 23.7 Å². The fourth-order valence-corrected chi connectivity index (χ4v) is 5.70. The molecule has 2 N–H and O–H groups in total. The summed E-state index contributed by atoms with van der Waals surface area (Å²) in [5, 5.41) is 12.8. The van der Waals surface area contributed by atoms with Gasteiger partial charge in [0.2, 0.25) is 5.91 Å². The first-order chi connectivity index (χ1) is 18.3. The second-order valence-corrected chi connectivity index (χ2v) is 10.5. The molecule has 5 rings (SSSR count). The van der Waals surface area contributed by atoms with Crippen molar-refractivity contribution in [3.63, 3.8) is 0 Å². The lowest BCUT2D eigenvalue weighted by Crippen LogP contribution is -2.33. The maximum Gasteiger partial charge on any atom is 0.303 e. The molecule has 2 aromatic carbocycles. The summed E-state index contributed by atoms with van der Waals surface area (Å²) in [4.78, 5) is 35.5. The van der Waals surface area contributed by atoms with Gasteiger partial charge in [0, 0.05) is 31.1 Å². The number of oxazole rings is 1. The fraction of sp³-hybridized carbons (Fsp3) is 0.308. The number of rotatable bonds is 9. The van der Waals surface area contributed by atoms with E-state index in [1.165, 1.54) is 23.5 Å². The van der Waals surface area contributed by atoms with Crippen molar-refractivity contribution in [2.75, 3.05) is 19.0 Å². The van der Waals surface area contributed by atoms with Gasteiger partial charge in [0.05, 0.1) is 35.7 Å². The molecule has 4 aromatic rings. The highest BCUT2D eigenvalue weighted by atomic mass is 35.5. The summed E-state index contributed by atoms with van der Waals surface area (Å²) >= 11 is 7.80. The van der Waals surface area contributed by atoms with Gasteiger partial charge in [0.25, 0.3) is 6.01 Å². The third-order valence-corrected chi connectivity index (χ3v) is 7.84. The van der Waals surface area contributed by atoms with Crippen LogP contribution in [0, 0.1) is 5.82 Å². The van der Waals surface area contributed by atoms with Crippen molar-refractivity contribution < 1.29 is 28.2 Å². The van der Waals surface area contributed by atoms with Crippen LogP contribution in [0.25, 0.3) is 11.1 Å². The fourth-order valence-electron chi connectivity index (χ4n) is 4.42. The molecule has 198 valence electrons. The molecule has 38 heavy (non-hydrogen) atoms. The zero-order valence-electron chi connectivity index (χ0n) is 20.3. The highest BCUT2D eigenvalue weighted by Gasteiger charge is 2.38. The largest absolute Gasteiger partial charge is 0.481 e. The molecule has 0 bridgehead atoms. The van der Waals surface area contributed by atoms with Gasteiger partial charge in [0.15, 0.2) is 5.58 Å². The standard InChI is InChI=1S/C26H24ClFN4O5S/c1-36-15-10-21(25-29-12-16(38-25)6-7-24(34)35)32(13-15)23(33)9-14-8-17(27)20(11-18(14)28)31-26-30-19-4-2-3-5-22(19)37-26/h2-5,8,11-12,15,21H,6-7,9-10,13H2,1H3,(H,30,31)(H,34,35)/t15-,21-/m0/s1. The van der Waals surface area contributed by atoms with Crippen LogP contribution >= 0.6 is 22.9 Å². The van der Waals surface area contributed by atoms with Crippen molar-refractivity contribution >= 4 is 57.6 Å². The number of hydrogen-bond donors (Lipinski definition) is 2. The second-order valence-electron chi connectivity index (χ2n) is 8.93. The number of methoxy groups -OCH3 is 1. The predicted octanol–water partition coefficient (Wildman–Crippen LogP) is 5.37. The van der Waals surface area contributed by atoms with Gasteiger partial charge >= 0.3 is 5.97 Å². The number of aryl methyl sites for hydroxylation is 1. The molecule has 3 heterocycles. The van der Waals surface area contributed by atoms with E-state index in [0.717, 1.165) is 4.88 Å². The normalized spacial score (nSPS) is 17.3. The predicted molar refractivity (Wildman–Crippen MR) is 140 cm³/mol. The molecule has 0 unspecified atom stereocenters. The molecule has 2 aromatic heterocycles. The Kier molecular flexibility index (Phi) is 7.59. The van der Waals surface area contributed by atoms with Crippen LogP contribution in [0.15, 0.2) is 47.0 Å². The van der Waals surface area contributed by atoms with Crippen molar-refractivity contribution in [2.24, 2.45) is 0 Å². The summed E-state index contributed by atoms with van der Waals surface area (Å²) < 4.78 is 26.2. The number of carbonyl (C=O) groups is 2. The minimum atomic E-state index is -0.882. The number of halogens is 2. The summed E-state index contributed by atoms with van der Waals surface area (Å²) in [6.45, 7) is 0.344. The molecule has 0 aliphatic carbocycles. The van der Waals surface area contributed by atoms with Crippen molar-refractivity contribution in [1.29, 1.82) is 0 Å². The number of fused-ring (bicyclic) bond motifs is 1. The van der Waals surface area contributed by atoms with E-state index in [-0.39, 0.29) is 53.2 Å². The number of ether oxygens (including phenoxy) is 1. The molecule has 1 saturated heterocycles. The topological polar surface area (TPSA) is 118 Å². The average Bonchev–Trinajstić information content (AvgIpc) is 3.63. The van der Waals surface area contributed by atoms with Crippen LogP contribution in [-0.2, 0) is 27.2 Å². The van der Waals surface area contributed by atoms with E-state index in [9.17, 15) is 9.59 Å². The molecule has 1 aliphatic heterocycles. The monoisotopic (exact) mass is 558 g/mol. The lowest BCUT2D eigenvalue weighted by Gasteiger charge is -2.23. The molecule has 9 nitrogen and oxygen atoms in total. The Hall–Kier alpha value is -3.54. The minimum Gasteiger partial charge on any atom is -0.481 e. The number of carboxylic acids is 1. The summed E-state index contributed by atoms with van der Waals surface area (Å²) in [5.74, 6) is -1.76. The van der Waals surface area contributed by atoms with Crippen LogP contribution in [0.5, 0.6) is 0 Å². The molecular formula is C26H24ClFN4O5S. The second kappa shape index (κ2) is 11.1. The van der Waals surface area contributed by atoms with E-state index < -0.39 is 11.8 Å². The van der Waals surface area contributed by atoms with Gasteiger partial charge in [-0.3, -0.25) is 9.59 Å². The lowest BCUT2D eigenvalue weighted by molar-refractivity contribution is -0.137. The van der Waals surface area contributed by atoms with Crippen LogP contribution in [0.4, 0.5) is 16.1 Å². The van der Waals surface area contributed by atoms with Crippen LogP contribution in [0.1, 0.15) is 34.3 Å². The number of para-hydroxylation sites is 2. The third kappa shape index (κ3) is 5.64. The Morgan fingerprint density at radius 3 is 2.92 bits per heavy atom. The molecule has 1 fully saturated rings. The van der Waals surface area contributed by atoms with Gasteiger partial charge in [-0.2, -0.15) is 4.98 Å². The van der Waals surface area contributed by atoms with Crippen molar-refractivity contribution in [1.82, 2.24) is 14.9 Å². The smallest absolute Gasteiger partial charge is 0.303 e. The van der Waals surface area contributed by atoms with Crippen molar-refractivity contribution in [3.8, 4) is 0 Å². The van der Waals surface area contributed by atoms with Gasteiger partial charge in [-0.15, -0.1) is 11.3 Å². The van der Waals surface area contributed by atoms with Crippen molar-refractivity contribution in [3.05, 3.63) is 68.9 Å². The molecule has 0 spiro atoms. The van der Waals surface area contributed by atoms with Crippen LogP contribution in [0.3, 0.4) is 0 Å². The number of anilines is 2. The number of benzene rings is 2. The number of thiazole rings is 1. The number of aromatic nitrogens is 2. The van der Waals surface area contributed by atoms with Crippen LogP contribution < -0.4 is 5.32 Å². The van der Waals surface area contributed by atoms with Crippen LogP contribution in [-0.4, -0.2) is 51.6 Å². The third-order valence-electron chi connectivity index (χ3n) is 6.37. The zero-order chi connectivity index (χ0) is 26.8. The number of carboxylic acid groups (broad SMARTS) is 1.